The summed E-state index contributed by atoms with van der Waals surface area (Å²) in [6.07, 6.45) is 5.29. The molecular formula is C24H27ClN2O3. The lowest BCUT2D eigenvalue weighted by molar-refractivity contribution is -0.125. The molecule has 0 fully saturated rings. The van der Waals surface area contributed by atoms with E-state index in [4.69, 9.17) is 16.3 Å². The molecule has 0 spiro atoms. The van der Waals surface area contributed by atoms with Crippen LogP contribution in [0, 0.1) is 0 Å². The quantitative estimate of drug-likeness (QED) is 0.668. The Kier molecular flexibility index (Phi) is 7.16. The molecule has 0 saturated carbocycles. The number of nitrogens with zero attached hydrogens (tertiary/aromatic N) is 1. The summed E-state index contributed by atoms with van der Waals surface area (Å²) in [7, 11) is 1.63. The van der Waals surface area contributed by atoms with E-state index in [2.05, 4.69) is 5.32 Å². The molecule has 0 unspecified atom stereocenters. The van der Waals surface area contributed by atoms with Crippen molar-refractivity contribution in [3.05, 3.63) is 76.8 Å². The largest absolute Gasteiger partial charge is 0.490 e. The lowest BCUT2D eigenvalue weighted by Crippen LogP contribution is -2.47. The standard InChI is InChI=1S/C24H27ClN2O3/c1-16-9-4-6-13-21(18-10-8-11-19(25)15-18)26-23(28)17(2)27(3)24(29)20-12-5-7-14-22(20)30-16/h4-8,10-12,14-17,21H,9,13H2,1-3H3,(H,26,28)/b6-4-/t16-,17-,21+/m1/s1. The highest BCUT2D eigenvalue weighted by atomic mass is 35.5. The summed E-state index contributed by atoms with van der Waals surface area (Å²) in [6, 6.07) is 13.7. The van der Waals surface area contributed by atoms with Gasteiger partial charge in [-0.15, -0.1) is 0 Å². The van der Waals surface area contributed by atoms with Crippen molar-refractivity contribution in [2.75, 3.05) is 7.05 Å². The van der Waals surface area contributed by atoms with Crippen LogP contribution in [0.5, 0.6) is 5.75 Å². The van der Waals surface area contributed by atoms with Crippen LogP contribution in [0.4, 0.5) is 0 Å². The number of halogens is 1. The molecule has 1 N–H and O–H groups in total. The minimum atomic E-state index is -0.656. The molecule has 2 amide bonds. The molecule has 30 heavy (non-hydrogen) atoms. The predicted octanol–water partition coefficient (Wildman–Crippen LogP) is 4.78. The van der Waals surface area contributed by atoms with E-state index in [1.54, 1.807) is 38.2 Å². The molecular weight excluding hydrogens is 400 g/mol. The van der Waals surface area contributed by atoms with Crippen LogP contribution in [0.3, 0.4) is 0 Å². The van der Waals surface area contributed by atoms with E-state index in [1.807, 2.05) is 43.3 Å². The number of likely N-dealkylation sites (N-methyl/N-ethyl adjacent to an activating group) is 1. The summed E-state index contributed by atoms with van der Waals surface area (Å²) in [6.45, 7) is 3.69. The summed E-state index contributed by atoms with van der Waals surface area (Å²) in [5, 5.41) is 3.69. The number of amides is 2. The van der Waals surface area contributed by atoms with Gasteiger partial charge in [-0.2, -0.15) is 0 Å². The van der Waals surface area contributed by atoms with E-state index in [9.17, 15) is 9.59 Å². The Hall–Kier alpha value is -2.79. The number of rotatable bonds is 1. The first-order valence-electron chi connectivity index (χ1n) is 10.1. The van der Waals surface area contributed by atoms with Crippen LogP contribution in [0.1, 0.15) is 48.7 Å². The number of ether oxygens (including phenoxy) is 1. The number of carbonyl (C=O) groups is 2. The average Bonchev–Trinajstić information content (AvgIpc) is 2.74. The van der Waals surface area contributed by atoms with Crippen LogP contribution in [0.2, 0.25) is 5.02 Å². The maximum atomic E-state index is 13.1. The number of nitrogens with one attached hydrogen (secondary N) is 1. The highest BCUT2D eigenvalue weighted by molar-refractivity contribution is 6.30. The molecule has 2 aromatic carbocycles. The minimum Gasteiger partial charge on any atom is -0.490 e. The Morgan fingerprint density at radius 1 is 1.03 bits per heavy atom. The SMILES string of the molecule is C[C@@H]1C/C=C\C[C@@H](c2cccc(Cl)c2)NC(=O)[C@@H](C)N(C)C(=O)c2ccccc2O1. The van der Waals surface area contributed by atoms with Crippen LogP contribution in [0.25, 0.3) is 0 Å². The lowest BCUT2D eigenvalue weighted by Gasteiger charge is -2.28. The van der Waals surface area contributed by atoms with Gasteiger partial charge in [-0.3, -0.25) is 9.59 Å². The van der Waals surface area contributed by atoms with Crippen molar-refractivity contribution in [1.82, 2.24) is 10.2 Å². The molecule has 0 aromatic heterocycles. The van der Waals surface area contributed by atoms with Gasteiger partial charge in [0.1, 0.15) is 11.8 Å². The van der Waals surface area contributed by atoms with Gasteiger partial charge in [0, 0.05) is 18.5 Å². The lowest BCUT2D eigenvalue weighted by atomic mass is 10.0. The number of fused-ring (bicyclic) bond motifs is 1. The number of benzene rings is 2. The van der Waals surface area contributed by atoms with Crippen LogP contribution in [-0.2, 0) is 4.79 Å². The predicted molar refractivity (Wildman–Crippen MR) is 119 cm³/mol. The monoisotopic (exact) mass is 426 g/mol. The van der Waals surface area contributed by atoms with Crippen LogP contribution in [0.15, 0.2) is 60.7 Å². The summed E-state index contributed by atoms with van der Waals surface area (Å²) >= 11 is 6.16. The molecule has 3 rings (SSSR count). The van der Waals surface area contributed by atoms with Crippen molar-refractivity contribution in [2.24, 2.45) is 0 Å². The van der Waals surface area contributed by atoms with E-state index in [0.717, 1.165) is 5.56 Å². The molecule has 0 radical (unpaired) electrons. The molecule has 1 heterocycles. The second-order valence-corrected chi connectivity index (χ2v) is 8.01. The van der Waals surface area contributed by atoms with Gasteiger partial charge in [0.05, 0.1) is 17.7 Å². The fourth-order valence-corrected chi connectivity index (χ4v) is 3.57. The van der Waals surface area contributed by atoms with Gasteiger partial charge in [-0.05, 0) is 50.1 Å². The summed E-state index contributed by atoms with van der Waals surface area (Å²) in [5.74, 6) is 0.0390. The van der Waals surface area contributed by atoms with E-state index in [0.29, 0.717) is 29.2 Å². The van der Waals surface area contributed by atoms with Crippen molar-refractivity contribution in [3.8, 4) is 5.75 Å². The number of hydrogen-bond acceptors (Lipinski definition) is 3. The summed E-state index contributed by atoms with van der Waals surface area (Å²) in [4.78, 5) is 27.5. The van der Waals surface area contributed by atoms with Crippen LogP contribution < -0.4 is 10.1 Å². The first kappa shape index (κ1) is 21.9. The zero-order chi connectivity index (χ0) is 21.7. The van der Waals surface area contributed by atoms with Gasteiger partial charge in [0.25, 0.3) is 5.91 Å². The third-order valence-corrected chi connectivity index (χ3v) is 5.54. The maximum absolute atomic E-state index is 13.1. The fourth-order valence-electron chi connectivity index (χ4n) is 3.37. The van der Waals surface area contributed by atoms with Gasteiger partial charge >= 0.3 is 0 Å². The molecule has 6 heteroatoms. The average molecular weight is 427 g/mol. The number of carbonyl (C=O) groups excluding carboxylic acids is 2. The summed E-state index contributed by atoms with van der Waals surface area (Å²) in [5.41, 5.74) is 1.36. The van der Waals surface area contributed by atoms with Crippen molar-refractivity contribution in [3.63, 3.8) is 0 Å². The maximum Gasteiger partial charge on any atom is 0.258 e. The van der Waals surface area contributed by atoms with Crippen LogP contribution in [-0.4, -0.2) is 35.9 Å². The minimum absolute atomic E-state index is 0.0971. The molecule has 2 aromatic rings. The highest BCUT2D eigenvalue weighted by Gasteiger charge is 2.27. The zero-order valence-electron chi connectivity index (χ0n) is 17.5. The normalized spacial score (nSPS) is 24.3. The molecule has 1 aliphatic rings. The van der Waals surface area contributed by atoms with Gasteiger partial charge in [-0.1, -0.05) is 48.0 Å². The second-order valence-electron chi connectivity index (χ2n) is 7.58. The first-order valence-corrected chi connectivity index (χ1v) is 10.5. The fraction of sp³-hybridized carbons (Fsp3) is 0.333. The molecule has 0 saturated heterocycles. The van der Waals surface area contributed by atoms with Gasteiger partial charge in [0.15, 0.2) is 0 Å². The van der Waals surface area contributed by atoms with Gasteiger partial charge in [-0.25, -0.2) is 0 Å². The van der Waals surface area contributed by atoms with E-state index < -0.39 is 6.04 Å². The van der Waals surface area contributed by atoms with Crippen molar-refractivity contribution in [1.29, 1.82) is 0 Å². The van der Waals surface area contributed by atoms with Crippen LogP contribution >= 0.6 is 11.6 Å². The van der Waals surface area contributed by atoms with Crippen molar-refractivity contribution >= 4 is 23.4 Å². The Bertz CT molecular complexity index is 944. The Balaban J connectivity index is 1.93. The van der Waals surface area contributed by atoms with E-state index >= 15 is 0 Å². The third-order valence-electron chi connectivity index (χ3n) is 5.30. The smallest absolute Gasteiger partial charge is 0.258 e. The van der Waals surface area contributed by atoms with E-state index in [-0.39, 0.29) is 24.0 Å². The Morgan fingerprint density at radius 3 is 2.53 bits per heavy atom. The molecule has 0 aliphatic carbocycles. The number of para-hydroxylation sites is 1. The van der Waals surface area contributed by atoms with Crippen molar-refractivity contribution in [2.45, 2.75) is 44.9 Å². The Morgan fingerprint density at radius 2 is 1.77 bits per heavy atom. The Labute approximate surface area is 182 Å². The third kappa shape index (κ3) is 5.22. The van der Waals surface area contributed by atoms with Gasteiger partial charge < -0.3 is 15.0 Å². The highest BCUT2D eigenvalue weighted by Crippen LogP contribution is 2.25. The first-order chi connectivity index (χ1) is 14.4. The number of hydrogen-bond donors (Lipinski definition) is 1. The van der Waals surface area contributed by atoms with Crippen molar-refractivity contribution < 1.29 is 14.3 Å². The van der Waals surface area contributed by atoms with Gasteiger partial charge in [0.2, 0.25) is 5.91 Å². The topological polar surface area (TPSA) is 58.6 Å². The molecule has 1 aliphatic heterocycles. The second kappa shape index (κ2) is 9.81. The molecule has 3 atom stereocenters. The molecule has 158 valence electrons. The van der Waals surface area contributed by atoms with E-state index in [1.165, 1.54) is 4.90 Å². The molecule has 0 bridgehead atoms. The zero-order valence-corrected chi connectivity index (χ0v) is 18.2. The summed E-state index contributed by atoms with van der Waals surface area (Å²) < 4.78 is 6.03. The molecule has 5 nitrogen and oxygen atoms in total.